The number of nitrogen functional groups attached to an aromatic ring is 1. The molecule has 0 spiro atoms. The Bertz CT molecular complexity index is 710. The SMILES string of the molecule is CC(C)COc1ccc(C(C)(C)C(=O)NCCc2ccc(N)cc2)cc1.Cl. The van der Waals surface area contributed by atoms with Crippen molar-refractivity contribution in [2.45, 2.75) is 39.5 Å². The van der Waals surface area contributed by atoms with Crippen LogP contribution in [0.3, 0.4) is 0 Å². The number of amides is 1. The van der Waals surface area contributed by atoms with Crippen LogP contribution in [0.4, 0.5) is 5.69 Å². The van der Waals surface area contributed by atoms with Crippen LogP contribution in [0.1, 0.15) is 38.8 Å². The number of benzene rings is 2. The zero-order chi connectivity index (χ0) is 19.2. The molecule has 0 aromatic heterocycles. The van der Waals surface area contributed by atoms with Crippen molar-refractivity contribution in [3.8, 4) is 5.75 Å². The van der Waals surface area contributed by atoms with E-state index < -0.39 is 5.41 Å². The molecule has 0 saturated carbocycles. The van der Waals surface area contributed by atoms with Gasteiger partial charge in [-0.2, -0.15) is 0 Å². The van der Waals surface area contributed by atoms with Crippen LogP contribution in [0.2, 0.25) is 0 Å². The Morgan fingerprint density at radius 3 is 2.22 bits per heavy atom. The fraction of sp³-hybridized carbons (Fsp3) is 0.409. The monoisotopic (exact) mass is 390 g/mol. The van der Waals surface area contributed by atoms with Crippen LogP contribution >= 0.6 is 12.4 Å². The molecule has 27 heavy (non-hydrogen) atoms. The van der Waals surface area contributed by atoms with E-state index in [1.807, 2.05) is 62.4 Å². The summed E-state index contributed by atoms with van der Waals surface area (Å²) in [6.45, 7) is 9.40. The summed E-state index contributed by atoms with van der Waals surface area (Å²) in [5.74, 6) is 1.34. The van der Waals surface area contributed by atoms with Crippen molar-refractivity contribution in [1.29, 1.82) is 0 Å². The van der Waals surface area contributed by atoms with E-state index in [2.05, 4.69) is 19.2 Å². The number of nitrogens with one attached hydrogen (secondary N) is 1. The van der Waals surface area contributed by atoms with Gasteiger partial charge in [-0.1, -0.05) is 38.1 Å². The van der Waals surface area contributed by atoms with E-state index in [0.717, 1.165) is 29.0 Å². The molecule has 0 saturated heterocycles. The lowest BCUT2D eigenvalue weighted by molar-refractivity contribution is -0.125. The lowest BCUT2D eigenvalue weighted by Crippen LogP contribution is -2.40. The summed E-state index contributed by atoms with van der Waals surface area (Å²) in [5.41, 5.74) is 7.97. The Hall–Kier alpha value is -2.20. The van der Waals surface area contributed by atoms with Crippen molar-refractivity contribution in [2.75, 3.05) is 18.9 Å². The molecule has 0 bridgehead atoms. The van der Waals surface area contributed by atoms with Crippen molar-refractivity contribution in [3.63, 3.8) is 0 Å². The lowest BCUT2D eigenvalue weighted by atomic mass is 9.83. The highest BCUT2D eigenvalue weighted by molar-refractivity contribution is 5.87. The fourth-order valence-corrected chi connectivity index (χ4v) is 2.59. The Morgan fingerprint density at radius 2 is 1.67 bits per heavy atom. The molecule has 0 heterocycles. The Kier molecular flexibility index (Phi) is 8.64. The van der Waals surface area contributed by atoms with Crippen LogP contribution in [0.5, 0.6) is 5.75 Å². The largest absolute Gasteiger partial charge is 0.493 e. The summed E-state index contributed by atoms with van der Waals surface area (Å²) in [4.78, 5) is 12.6. The van der Waals surface area contributed by atoms with Gasteiger partial charge in [-0.05, 0) is 61.6 Å². The number of nitrogens with two attached hydrogens (primary N) is 1. The van der Waals surface area contributed by atoms with Gasteiger partial charge in [0, 0.05) is 12.2 Å². The maximum absolute atomic E-state index is 12.6. The van der Waals surface area contributed by atoms with Gasteiger partial charge in [0.05, 0.1) is 12.0 Å². The third-order valence-electron chi connectivity index (χ3n) is 4.41. The van der Waals surface area contributed by atoms with Gasteiger partial charge < -0.3 is 15.8 Å². The minimum atomic E-state index is -0.600. The second kappa shape index (κ2) is 10.2. The molecule has 1 amide bonds. The minimum absolute atomic E-state index is 0. The van der Waals surface area contributed by atoms with Crippen LogP contribution in [0.15, 0.2) is 48.5 Å². The number of carbonyl (C=O) groups is 1. The molecule has 0 fully saturated rings. The predicted molar refractivity (Wildman–Crippen MR) is 115 cm³/mol. The van der Waals surface area contributed by atoms with Crippen molar-refractivity contribution >= 4 is 24.0 Å². The van der Waals surface area contributed by atoms with E-state index >= 15 is 0 Å². The van der Waals surface area contributed by atoms with E-state index in [-0.39, 0.29) is 18.3 Å². The van der Waals surface area contributed by atoms with Gasteiger partial charge in [0.15, 0.2) is 0 Å². The molecule has 0 atom stereocenters. The molecule has 0 aliphatic rings. The van der Waals surface area contributed by atoms with Gasteiger partial charge in [0.25, 0.3) is 0 Å². The number of anilines is 1. The minimum Gasteiger partial charge on any atom is -0.493 e. The van der Waals surface area contributed by atoms with Crippen LogP contribution in [-0.2, 0) is 16.6 Å². The third-order valence-corrected chi connectivity index (χ3v) is 4.41. The maximum atomic E-state index is 12.6. The van der Waals surface area contributed by atoms with E-state index in [4.69, 9.17) is 10.5 Å². The second-order valence-corrected chi connectivity index (χ2v) is 7.60. The Morgan fingerprint density at radius 1 is 1.07 bits per heavy atom. The Labute approximate surface area is 168 Å². The van der Waals surface area contributed by atoms with Crippen molar-refractivity contribution in [1.82, 2.24) is 5.32 Å². The number of hydrogen-bond acceptors (Lipinski definition) is 3. The standard InChI is InChI=1S/C22H30N2O2.ClH/c1-16(2)15-26-20-11-7-18(8-12-20)22(3,4)21(25)24-14-13-17-5-9-19(23)10-6-17;/h5-12,16H,13-15,23H2,1-4H3,(H,24,25);1H. The molecule has 2 rings (SSSR count). The highest BCUT2D eigenvalue weighted by Crippen LogP contribution is 2.25. The van der Waals surface area contributed by atoms with Crippen molar-refractivity contribution < 1.29 is 9.53 Å². The fourth-order valence-electron chi connectivity index (χ4n) is 2.59. The quantitative estimate of drug-likeness (QED) is 0.658. The van der Waals surface area contributed by atoms with Gasteiger partial charge in [0.2, 0.25) is 5.91 Å². The number of halogens is 1. The maximum Gasteiger partial charge on any atom is 0.230 e. The summed E-state index contributed by atoms with van der Waals surface area (Å²) in [6.07, 6.45) is 0.782. The third kappa shape index (κ3) is 6.79. The van der Waals surface area contributed by atoms with E-state index in [9.17, 15) is 4.79 Å². The molecule has 0 radical (unpaired) electrons. The number of ether oxygens (including phenoxy) is 1. The molecule has 0 unspecified atom stereocenters. The number of rotatable bonds is 8. The molecule has 2 aromatic rings. The highest BCUT2D eigenvalue weighted by Gasteiger charge is 2.29. The molecule has 3 N–H and O–H groups in total. The molecule has 4 nitrogen and oxygen atoms in total. The molecule has 5 heteroatoms. The molecule has 148 valence electrons. The molecular weight excluding hydrogens is 360 g/mol. The van der Waals surface area contributed by atoms with Crippen LogP contribution in [0.25, 0.3) is 0 Å². The molecule has 2 aromatic carbocycles. The number of hydrogen-bond donors (Lipinski definition) is 2. The zero-order valence-electron chi connectivity index (χ0n) is 16.6. The highest BCUT2D eigenvalue weighted by atomic mass is 35.5. The lowest BCUT2D eigenvalue weighted by Gasteiger charge is -2.24. The smallest absolute Gasteiger partial charge is 0.230 e. The second-order valence-electron chi connectivity index (χ2n) is 7.60. The first-order valence-corrected chi connectivity index (χ1v) is 9.15. The average molecular weight is 391 g/mol. The van der Waals surface area contributed by atoms with Crippen molar-refractivity contribution in [3.05, 3.63) is 59.7 Å². The summed E-state index contributed by atoms with van der Waals surface area (Å²) in [5, 5.41) is 3.04. The summed E-state index contributed by atoms with van der Waals surface area (Å²) in [6, 6.07) is 15.5. The molecule has 0 aliphatic carbocycles. The zero-order valence-corrected chi connectivity index (χ0v) is 17.4. The van der Waals surface area contributed by atoms with E-state index in [1.54, 1.807) is 0 Å². The van der Waals surface area contributed by atoms with Gasteiger partial charge in [-0.3, -0.25) is 4.79 Å². The van der Waals surface area contributed by atoms with Crippen LogP contribution in [0, 0.1) is 5.92 Å². The molecular formula is C22H31ClN2O2. The number of carbonyl (C=O) groups excluding carboxylic acids is 1. The topological polar surface area (TPSA) is 64.3 Å². The van der Waals surface area contributed by atoms with Crippen LogP contribution < -0.4 is 15.8 Å². The first kappa shape index (κ1) is 22.8. The van der Waals surface area contributed by atoms with Gasteiger partial charge in [0.1, 0.15) is 5.75 Å². The average Bonchev–Trinajstić information content (AvgIpc) is 2.62. The normalized spacial score (nSPS) is 11.0. The van der Waals surface area contributed by atoms with Crippen molar-refractivity contribution in [2.24, 2.45) is 5.92 Å². The van der Waals surface area contributed by atoms with Gasteiger partial charge >= 0.3 is 0 Å². The first-order valence-electron chi connectivity index (χ1n) is 9.15. The molecule has 0 aliphatic heterocycles. The predicted octanol–water partition coefficient (Wildman–Crippen LogP) is 4.36. The Balaban J connectivity index is 0.00000364. The summed E-state index contributed by atoms with van der Waals surface area (Å²) < 4.78 is 5.71. The van der Waals surface area contributed by atoms with Gasteiger partial charge in [-0.25, -0.2) is 0 Å². The summed E-state index contributed by atoms with van der Waals surface area (Å²) in [7, 11) is 0. The van der Waals surface area contributed by atoms with Gasteiger partial charge in [-0.15, -0.1) is 12.4 Å². The van der Waals surface area contributed by atoms with E-state index in [0.29, 0.717) is 19.1 Å². The summed E-state index contributed by atoms with van der Waals surface area (Å²) >= 11 is 0. The van der Waals surface area contributed by atoms with Crippen LogP contribution in [-0.4, -0.2) is 19.1 Å². The van der Waals surface area contributed by atoms with E-state index in [1.165, 1.54) is 0 Å². The first-order chi connectivity index (χ1) is 12.3.